The van der Waals surface area contributed by atoms with Crippen molar-refractivity contribution in [2.24, 2.45) is 5.92 Å². The van der Waals surface area contributed by atoms with E-state index in [0.717, 1.165) is 19.4 Å². The van der Waals surface area contributed by atoms with Crippen molar-refractivity contribution < 1.29 is 12.8 Å². The molecule has 1 saturated heterocycles. The number of nitrogens with zero attached hydrogens (tertiary/aromatic N) is 2. The fraction of sp³-hybridized carbons (Fsp3) is 0.600. The fourth-order valence-corrected chi connectivity index (χ4v) is 4.54. The Labute approximate surface area is 154 Å². The van der Waals surface area contributed by atoms with Gasteiger partial charge in [-0.3, -0.25) is 0 Å². The molecule has 0 bridgehead atoms. The molecule has 0 amide bonds. The largest absolute Gasteiger partial charge is 0.319 e. The Morgan fingerprint density at radius 3 is 2.79 bits per heavy atom. The minimum Gasteiger partial charge on any atom is -0.319 e. The summed E-state index contributed by atoms with van der Waals surface area (Å²) in [5, 5.41) is 3.33. The third kappa shape index (κ3) is 5.03. The average Bonchev–Trinajstić information content (AvgIpc) is 2.51. The van der Waals surface area contributed by atoms with Crippen LogP contribution in [0.1, 0.15) is 18.4 Å². The van der Waals surface area contributed by atoms with Crippen LogP contribution in [0.25, 0.3) is 0 Å². The molecule has 138 valence electrons. The molecular weight excluding hydrogens is 376 g/mol. The zero-order valence-corrected chi connectivity index (χ0v) is 16.2. The van der Waals surface area contributed by atoms with E-state index in [9.17, 15) is 12.8 Å². The molecule has 24 heavy (non-hydrogen) atoms. The van der Waals surface area contributed by atoms with Gasteiger partial charge < -0.3 is 5.32 Å². The highest BCUT2D eigenvalue weighted by molar-refractivity contribution is 7.86. The molecule has 5 nitrogen and oxygen atoms in total. The van der Waals surface area contributed by atoms with Crippen molar-refractivity contribution >= 4 is 34.2 Å². The lowest BCUT2D eigenvalue weighted by atomic mass is 10.00. The lowest BCUT2D eigenvalue weighted by molar-refractivity contribution is 0.248. The molecule has 0 radical (unpaired) electrons. The molecule has 1 aliphatic heterocycles. The third-order valence-corrected chi connectivity index (χ3v) is 6.39. The number of nitrogens with one attached hydrogen (secondary N) is 1. The molecule has 1 fully saturated rings. The van der Waals surface area contributed by atoms with Crippen LogP contribution in [0.2, 0.25) is 5.02 Å². The van der Waals surface area contributed by atoms with Crippen molar-refractivity contribution in [2.75, 3.05) is 33.7 Å². The minimum atomic E-state index is -3.63. The number of piperidine rings is 1. The van der Waals surface area contributed by atoms with Crippen LogP contribution in [0.4, 0.5) is 4.39 Å². The van der Waals surface area contributed by atoms with E-state index in [4.69, 9.17) is 11.6 Å². The molecule has 1 aromatic rings. The van der Waals surface area contributed by atoms with E-state index in [1.165, 1.54) is 27.8 Å². The highest BCUT2D eigenvalue weighted by atomic mass is 35.5. The van der Waals surface area contributed by atoms with Crippen molar-refractivity contribution in [1.29, 1.82) is 0 Å². The van der Waals surface area contributed by atoms with E-state index in [1.807, 2.05) is 7.05 Å². The Bertz CT molecular complexity index is 623. The van der Waals surface area contributed by atoms with Crippen LogP contribution in [-0.2, 0) is 16.8 Å². The Hall–Kier alpha value is -0.440. The summed E-state index contributed by atoms with van der Waals surface area (Å²) in [6.07, 6.45) is 1.84. The van der Waals surface area contributed by atoms with Gasteiger partial charge in [-0.2, -0.15) is 17.0 Å². The summed E-state index contributed by atoms with van der Waals surface area (Å²) in [5.74, 6) is -0.194. The molecule has 1 N–H and O–H groups in total. The van der Waals surface area contributed by atoms with Crippen LogP contribution in [0.15, 0.2) is 18.2 Å². The zero-order chi connectivity index (χ0) is 17.0. The molecular formula is C15H24Cl2FN3O2S. The van der Waals surface area contributed by atoms with Crippen molar-refractivity contribution in [3.05, 3.63) is 34.6 Å². The zero-order valence-electron chi connectivity index (χ0n) is 13.8. The summed E-state index contributed by atoms with van der Waals surface area (Å²) in [4.78, 5) is 0. The highest BCUT2D eigenvalue weighted by Crippen LogP contribution is 2.24. The lowest BCUT2D eigenvalue weighted by Gasteiger charge is -2.34. The summed E-state index contributed by atoms with van der Waals surface area (Å²) in [5.41, 5.74) is 0.198. The quantitative estimate of drug-likeness (QED) is 0.799. The summed E-state index contributed by atoms with van der Waals surface area (Å²) in [6, 6.07) is 4.35. The van der Waals surface area contributed by atoms with Crippen LogP contribution in [-0.4, -0.2) is 50.8 Å². The topological polar surface area (TPSA) is 52.7 Å². The SMILES string of the molecule is CNCC1CCCN(S(=O)(=O)N(C)Cc2c(F)cccc2Cl)C1.Cl. The Balaban J connectivity index is 0.00000288. The normalized spacial score (nSPS) is 19.3. The van der Waals surface area contributed by atoms with E-state index in [0.29, 0.717) is 19.0 Å². The van der Waals surface area contributed by atoms with Crippen LogP contribution in [0.5, 0.6) is 0 Å². The van der Waals surface area contributed by atoms with E-state index >= 15 is 0 Å². The van der Waals surface area contributed by atoms with Crippen LogP contribution in [0.3, 0.4) is 0 Å². The summed E-state index contributed by atoms with van der Waals surface area (Å²) < 4.78 is 42.0. The van der Waals surface area contributed by atoms with Gasteiger partial charge in [-0.1, -0.05) is 17.7 Å². The molecule has 0 aromatic heterocycles. The molecule has 1 atom stereocenters. The van der Waals surface area contributed by atoms with Gasteiger partial charge in [0.1, 0.15) is 5.82 Å². The van der Waals surface area contributed by atoms with Gasteiger partial charge in [0.05, 0.1) is 0 Å². The Morgan fingerprint density at radius 2 is 2.17 bits per heavy atom. The number of halogens is 3. The molecule has 1 heterocycles. The molecule has 1 unspecified atom stereocenters. The second kappa shape index (κ2) is 9.31. The standard InChI is InChI=1S/C15H23ClFN3O2S.ClH/c1-18-9-12-5-4-8-20(10-12)23(21,22)19(2)11-13-14(16)6-3-7-15(13)17;/h3,6-7,12,18H,4-5,8-11H2,1-2H3;1H. The van der Waals surface area contributed by atoms with Crippen molar-refractivity contribution in [3.63, 3.8) is 0 Å². The molecule has 2 rings (SSSR count). The van der Waals surface area contributed by atoms with Crippen LogP contribution >= 0.6 is 24.0 Å². The first-order valence-corrected chi connectivity index (χ1v) is 9.42. The molecule has 9 heteroatoms. The number of benzene rings is 1. The lowest BCUT2D eigenvalue weighted by Crippen LogP contribution is -2.47. The molecule has 1 aromatic carbocycles. The van der Waals surface area contributed by atoms with Crippen molar-refractivity contribution in [2.45, 2.75) is 19.4 Å². The van der Waals surface area contributed by atoms with E-state index in [1.54, 1.807) is 6.07 Å². The average molecular weight is 400 g/mol. The van der Waals surface area contributed by atoms with Crippen LogP contribution in [0, 0.1) is 11.7 Å². The second-order valence-corrected chi connectivity index (χ2v) is 8.33. The van der Waals surface area contributed by atoms with Gasteiger partial charge in [0.15, 0.2) is 0 Å². The van der Waals surface area contributed by atoms with Gasteiger partial charge in [0.25, 0.3) is 10.2 Å². The van der Waals surface area contributed by atoms with Gasteiger partial charge in [-0.25, -0.2) is 4.39 Å². The number of hydrogen-bond acceptors (Lipinski definition) is 3. The van der Waals surface area contributed by atoms with Crippen molar-refractivity contribution in [1.82, 2.24) is 13.9 Å². The molecule has 0 aliphatic carbocycles. The Morgan fingerprint density at radius 1 is 1.46 bits per heavy atom. The maximum Gasteiger partial charge on any atom is 0.282 e. The third-order valence-electron chi connectivity index (χ3n) is 4.14. The Kier molecular flexibility index (Phi) is 8.38. The van der Waals surface area contributed by atoms with Gasteiger partial charge in [-0.15, -0.1) is 12.4 Å². The maximum absolute atomic E-state index is 13.9. The van der Waals surface area contributed by atoms with Crippen LogP contribution < -0.4 is 5.32 Å². The van der Waals surface area contributed by atoms with Gasteiger partial charge in [0, 0.05) is 37.3 Å². The molecule has 0 saturated carbocycles. The first-order valence-electron chi connectivity index (χ1n) is 7.65. The van der Waals surface area contributed by atoms with Crippen molar-refractivity contribution in [3.8, 4) is 0 Å². The minimum absolute atomic E-state index is 0. The summed E-state index contributed by atoms with van der Waals surface area (Å²) >= 11 is 5.99. The number of hydrogen-bond donors (Lipinski definition) is 1. The van der Waals surface area contributed by atoms with Gasteiger partial charge in [0.2, 0.25) is 0 Å². The van der Waals surface area contributed by atoms with Gasteiger partial charge in [-0.05, 0) is 44.5 Å². The van der Waals surface area contributed by atoms with E-state index < -0.39 is 16.0 Å². The summed E-state index contributed by atoms with van der Waals surface area (Å²) in [6.45, 7) is 1.69. The first-order chi connectivity index (χ1) is 10.9. The molecule has 1 aliphatic rings. The fourth-order valence-electron chi connectivity index (χ4n) is 2.88. The predicted molar refractivity (Wildman–Crippen MR) is 97.3 cm³/mol. The highest BCUT2D eigenvalue weighted by Gasteiger charge is 2.32. The first kappa shape index (κ1) is 21.6. The van der Waals surface area contributed by atoms with E-state index in [2.05, 4.69) is 5.32 Å². The number of rotatable bonds is 6. The predicted octanol–water partition coefficient (Wildman–Crippen LogP) is 2.51. The summed E-state index contributed by atoms with van der Waals surface area (Å²) in [7, 11) is -0.312. The monoisotopic (exact) mass is 399 g/mol. The second-order valence-electron chi connectivity index (χ2n) is 5.89. The van der Waals surface area contributed by atoms with Gasteiger partial charge >= 0.3 is 0 Å². The maximum atomic E-state index is 13.9. The molecule has 0 spiro atoms. The van der Waals surface area contributed by atoms with E-state index in [-0.39, 0.29) is 29.5 Å². The smallest absolute Gasteiger partial charge is 0.282 e.